The summed E-state index contributed by atoms with van der Waals surface area (Å²) in [4.78, 5) is 12.0. The number of nitrogens with zero attached hydrogens (tertiary/aromatic N) is 2. The van der Waals surface area contributed by atoms with Crippen molar-refractivity contribution < 1.29 is 18.0 Å². The summed E-state index contributed by atoms with van der Waals surface area (Å²) in [5.41, 5.74) is 2.04. The van der Waals surface area contributed by atoms with Gasteiger partial charge in [0.15, 0.2) is 11.6 Å². The number of nitrogens with one attached hydrogen (secondary N) is 1. The monoisotopic (exact) mass is 371 g/mol. The molecule has 0 saturated carbocycles. The summed E-state index contributed by atoms with van der Waals surface area (Å²) in [5, 5.41) is 6.84. The van der Waals surface area contributed by atoms with Crippen LogP contribution in [-0.4, -0.2) is 15.7 Å². The van der Waals surface area contributed by atoms with E-state index in [0.29, 0.717) is 11.6 Å². The molecule has 140 valence electrons. The van der Waals surface area contributed by atoms with E-state index in [1.54, 1.807) is 18.3 Å². The summed E-state index contributed by atoms with van der Waals surface area (Å²) in [7, 11) is 0. The Labute approximate surface area is 155 Å². The Bertz CT molecular complexity index is 968. The molecule has 0 aliphatic carbocycles. The minimum absolute atomic E-state index is 0.186. The standard InChI is InChI=1S/C20H19F2N3O2/c1-14-4-3-5-15(12-14)6-9-19(26)23-18-10-11-25(24-18)13-16-7-8-17(27-16)20(2,21)22/h3-12H,13H2,1-2H3,(H,23,24,26)/b9-6-. The first kappa shape index (κ1) is 18.6. The fourth-order valence-electron chi connectivity index (χ4n) is 2.49. The Balaban J connectivity index is 1.59. The zero-order valence-electron chi connectivity index (χ0n) is 14.9. The molecular formula is C20H19F2N3O2. The lowest BCUT2D eigenvalue weighted by atomic mass is 10.1. The van der Waals surface area contributed by atoms with Crippen molar-refractivity contribution in [2.75, 3.05) is 5.32 Å². The average Bonchev–Trinajstić information content (AvgIpc) is 3.23. The number of rotatable bonds is 6. The SMILES string of the molecule is Cc1cccc(/C=C\C(=O)Nc2ccn(Cc3ccc(C(C)(F)F)o3)n2)c1. The zero-order chi connectivity index (χ0) is 19.4. The van der Waals surface area contributed by atoms with Crippen LogP contribution in [0, 0.1) is 6.92 Å². The number of carbonyl (C=O) groups excluding carboxylic acids is 1. The Morgan fingerprint density at radius 1 is 1.30 bits per heavy atom. The third-order valence-electron chi connectivity index (χ3n) is 3.77. The van der Waals surface area contributed by atoms with Crippen LogP contribution >= 0.6 is 0 Å². The Morgan fingerprint density at radius 2 is 2.11 bits per heavy atom. The smallest absolute Gasteiger partial charge is 0.301 e. The predicted octanol–water partition coefficient (Wildman–Crippen LogP) is 4.60. The molecule has 0 saturated heterocycles. The van der Waals surface area contributed by atoms with Crippen molar-refractivity contribution in [2.45, 2.75) is 26.3 Å². The van der Waals surface area contributed by atoms with Gasteiger partial charge < -0.3 is 9.73 Å². The summed E-state index contributed by atoms with van der Waals surface area (Å²) in [6.45, 7) is 2.94. The second-order valence-corrected chi connectivity index (χ2v) is 6.29. The maximum Gasteiger partial charge on any atom is 0.301 e. The highest BCUT2D eigenvalue weighted by Gasteiger charge is 2.28. The number of amides is 1. The first-order valence-corrected chi connectivity index (χ1v) is 8.36. The van der Waals surface area contributed by atoms with Gasteiger partial charge in [-0.05, 0) is 30.7 Å². The van der Waals surface area contributed by atoms with Gasteiger partial charge in [0, 0.05) is 25.3 Å². The third kappa shape index (κ3) is 5.13. The van der Waals surface area contributed by atoms with Crippen molar-refractivity contribution >= 4 is 17.8 Å². The average molecular weight is 371 g/mol. The van der Waals surface area contributed by atoms with E-state index in [1.807, 2.05) is 31.2 Å². The van der Waals surface area contributed by atoms with Gasteiger partial charge in [-0.1, -0.05) is 29.8 Å². The molecule has 1 amide bonds. The molecule has 27 heavy (non-hydrogen) atoms. The predicted molar refractivity (Wildman–Crippen MR) is 98.4 cm³/mol. The summed E-state index contributed by atoms with van der Waals surface area (Å²) in [6, 6.07) is 12.1. The molecule has 2 aromatic heterocycles. The van der Waals surface area contributed by atoms with E-state index in [9.17, 15) is 13.6 Å². The van der Waals surface area contributed by atoms with E-state index >= 15 is 0 Å². The molecule has 0 spiro atoms. The summed E-state index contributed by atoms with van der Waals surface area (Å²) < 4.78 is 33.0. The van der Waals surface area contributed by atoms with Crippen LogP contribution in [0.2, 0.25) is 0 Å². The van der Waals surface area contributed by atoms with Crippen LogP contribution in [0.4, 0.5) is 14.6 Å². The molecule has 2 heterocycles. The largest absolute Gasteiger partial charge is 0.458 e. The number of alkyl halides is 2. The summed E-state index contributed by atoms with van der Waals surface area (Å²) in [6.07, 6.45) is 4.77. The number of furan rings is 1. The van der Waals surface area contributed by atoms with Gasteiger partial charge in [-0.15, -0.1) is 0 Å². The lowest BCUT2D eigenvalue weighted by molar-refractivity contribution is -0.111. The molecule has 1 aromatic carbocycles. The first-order valence-electron chi connectivity index (χ1n) is 8.36. The topological polar surface area (TPSA) is 60.1 Å². The highest BCUT2D eigenvalue weighted by Crippen LogP contribution is 2.28. The maximum atomic E-state index is 13.2. The van der Waals surface area contributed by atoms with Crippen LogP contribution in [0.25, 0.3) is 6.08 Å². The molecule has 0 radical (unpaired) electrons. The summed E-state index contributed by atoms with van der Waals surface area (Å²) in [5.74, 6) is -3.01. The van der Waals surface area contributed by atoms with E-state index in [1.165, 1.54) is 22.9 Å². The van der Waals surface area contributed by atoms with Gasteiger partial charge in [-0.3, -0.25) is 9.48 Å². The molecule has 1 N–H and O–H groups in total. The van der Waals surface area contributed by atoms with Crippen molar-refractivity contribution in [1.29, 1.82) is 0 Å². The fourth-order valence-corrected chi connectivity index (χ4v) is 2.49. The lowest BCUT2D eigenvalue weighted by Crippen LogP contribution is -2.09. The Hall–Kier alpha value is -3.22. The van der Waals surface area contributed by atoms with Crippen molar-refractivity contribution in [3.05, 3.63) is 77.4 Å². The van der Waals surface area contributed by atoms with Crippen LogP contribution < -0.4 is 5.32 Å². The number of hydrogen-bond donors (Lipinski definition) is 1. The van der Waals surface area contributed by atoms with Crippen LogP contribution in [0.3, 0.4) is 0 Å². The van der Waals surface area contributed by atoms with Crippen molar-refractivity contribution in [2.24, 2.45) is 0 Å². The van der Waals surface area contributed by atoms with Gasteiger partial charge >= 0.3 is 5.92 Å². The molecule has 0 fully saturated rings. The molecule has 5 nitrogen and oxygen atoms in total. The molecule has 3 rings (SSSR count). The van der Waals surface area contributed by atoms with E-state index in [4.69, 9.17) is 4.42 Å². The molecular weight excluding hydrogens is 352 g/mol. The van der Waals surface area contributed by atoms with Gasteiger partial charge in [0.05, 0.1) is 6.54 Å². The van der Waals surface area contributed by atoms with Gasteiger partial charge in [0.1, 0.15) is 5.76 Å². The normalized spacial score (nSPS) is 11.9. The first-order chi connectivity index (χ1) is 12.8. The Kier molecular flexibility index (Phi) is 5.21. The van der Waals surface area contributed by atoms with E-state index in [2.05, 4.69) is 10.4 Å². The molecule has 0 aliphatic heterocycles. The number of benzene rings is 1. The second-order valence-electron chi connectivity index (χ2n) is 6.29. The minimum Gasteiger partial charge on any atom is -0.458 e. The molecule has 7 heteroatoms. The Morgan fingerprint density at radius 3 is 2.81 bits per heavy atom. The van der Waals surface area contributed by atoms with Crippen LogP contribution in [0.5, 0.6) is 0 Å². The third-order valence-corrected chi connectivity index (χ3v) is 3.77. The lowest BCUT2D eigenvalue weighted by Gasteiger charge is -2.05. The van der Waals surface area contributed by atoms with E-state index in [-0.39, 0.29) is 18.2 Å². The van der Waals surface area contributed by atoms with Crippen LogP contribution in [-0.2, 0) is 17.3 Å². The molecule has 0 bridgehead atoms. The van der Waals surface area contributed by atoms with Crippen molar-refractivity contribution in [3.63, 3.8) is 0 Å². The molecule has 0 unspecified atom stereocenters. The van der Waals surface area contributed by atoms with Gasteiger partial charge in [-0.25, -0.2) is 0 Å². The van der Waals surface area contributed by atoms with Crippen molar-refractivity contribution in [1.82, 2.24) is 9.78 Å². The quantitative estimate of drug-likeness (QED) is 0.645. The van der Waals surface area contributed by atoms with Gasteiger partial charge in [-0.2, -0.15) is 13.9 Å². The fraction of sp³-hybridized carbons (Fsp3) is 0.200. The number of anilines is 1. The number of carbonyl (C=O) groups is 1. The molecule has 0 atom stereocenters. The zero-order valence-corrected chi connectivity index (χ0v) is 14.9. The molecule has 3 aromatic rings. The second kappa shape index (κ2) is 7.57. The number of hydrogen-bond acceptors (Lipinski definition) is 3. The molecule has 0 aliphatic rings. The van der Waals surface area contributed by atoms with Crippen LogP contribution in [0.1, 0.15) is 29.6 Å². The highest BCUT2D eigenvalue weighted by atomic mass is 19.3. The highest BCUT2D eigenvalue weighted by molar-refractivity contribution is 6.01. The van der Waals surface area contributed by atoms with Crippen molar-refractivity contribution in [3.8, 4) is 0 Å². The van der Waals surface area contributed by atoms with E-state index in [0.717, 1.165) is 18.1 Å². The summed E-state index contributed by atoms with van der Waals surface area (Å²) >= 11 is 0. The minimum atomic E-state index is -3.02. The number of aromatic nitrogens is 2. The number of aryl methyl sites for hydroxylation is 1. The van der Waals surface area contributed by atoms with Gasteiger partial charge in [0.25, 0.3) is 0 Å². The number of halogens is 2. The van der Waals surface area contributed by atoms with Gasteiger partial charge in [0.2, 0.25) is 5.91 Å². The van der Waals surface area contributed by atoms with E-state index < -0.39 is 5.92 Å². The maximum absolute atomic E-state index is 13.2. The van der Waals surface area contributed by atoms with Crippen LogP contribution in [0.15, 0.2) is 59.2 Å².